The number of nitrogens with zero attached hydrogens (tertiary/aromatic N) is 4. The first-order valence-corrected chi connectivity index (χ1v) is 10.0. The topological polar surface area (TPSA) is 101 Å². The van der Waals surface area contributed by atoms with Gasteiger partial charge in [-0.15, -0.1) is 11.3 Å². The van der Waals surface area contributed by atoms with Crippen LogP contribution in [-0.2, 0) is 17.4 Å². The lowest BCUT2D eigenvalue weighted by Gasteiger charge is -2.32. The maximum Gasteiger partial charge on any atom is 0.417 e. The molecule has 3 aromatic rings. The number of pyridine rings is 1. The number of likely N-dealkylation sites (tertiary alicyclic amines) is 1. The van der Waals surface area contributed by atoms with Crippen molar-refractivity contribution >= 4 is 34.1 Å². The van der Waals surface area contributed by atoms with Crippen LogP contribution in [0.5, 0.6) is 0 Å². The highest BCUT2D eigenvalue weighted by molar-refractivity contribution is 7.09. The first-order chi connectivity index (χ1) is 13.7. The second-order valence-corrected chi connectivity index (χ2v) is 8.20. The summed E-state index contributed by atoms with van der Waals surface area (Å²) in [6, 6.07) is 1.04. The van der Waals surface area contributed by atoms with E-state index in [4.69, 9.17) is 5.73 Å². The fraction of sp³-hybridized carbons (Fsp3) is 0.444. The summed E-state index contributed by atoms with van der Waals surface area (Å²) in [7, 11) is 0. The van der Waals surface area contributed by atoms with Crippen molar-refractivity contribution in [2.24, 2.45) is 0 Å². The van der Waals surface area contributed by atoms with Gasteiger partial charge in [0.05, 0.1) is 28.1 Å². The van der Waals surface area contributed by atoms with Crippen LogP contribution in [0.3, 0.4) is 0 Å². The summed E-state index contributed by atoms with van der Waals surface area (Å²) < 4.78 is 40.7. The number of aromatic amines is 1. The molecule has 1 aliphatic rings. The number of rotatable bonds is 3. The summed E-state index contributed by atoms with van der Waals surface area (Å²) >= 11 is 1.48. The molecule has 29 heavy (non-hydrogen) atoms. The maximum absolute atomic E-state index is 13.6. The molecule has 0 saturated carbocycles. The number of carbonyl (C=O) groups is 1. The van der Waals surface area contributed by atoms with Gasteiger partial charge in [-0.25, -0.2) is 9.97 Å². The molecule has 1 fully saturated rings. The summed E-state index contributed by atoms with van der Waals surface area (Å²) in [5, 5.41) is 8.70. The van der Waals surface area contributed by atoms with Crippen molar-refractivity contribution in [3.8, 4) is 0 Å². The molecule has 0 bridgehead atoms. The number of anilines is 1. The number of nitrogens with one attached hydrogen (secondary N) is 1. The van der Waals surface area contributed by atoms with Gasteiger partial charge in [0.25, 0.3) is 0 Å². The number of aryl methyl sites for hydroxylation is 1. The van der Waals surface area contributed by atoms with Gasteiger partial charge < -0.3 is 10.6 Å². The minimum absolute atomic E-state index is 0.0614. The number of amides is 1. The van der Waals surface area contributed by atoms with E-state index in [0.717, 1.165) is 11.1 Å². The summed E-state index contributed by atoms with van der Waals surface area (Å²) in [6.45, 7) is 2.76. The molecule has 1 saturated heterocycles. The highest BCUT2D eigenvalue weighted by Gasteiger charge is 2.36. The van der Waals surface area contributed by atoms with Crippen molar-refractivity contribution in [1.82, 2.24) is 25.1 Å². The Morgan fingerprint density at radius 1 is 1.41 bits per heavy atom. The van der Waals surface area contributed by atoms with Crippen LogP contribution in [0.15, 0.2) is 11.4 Å². The van der Waals surface area contributed by atoms with Crippen molar-refractivity contribution in [2.75, 3.05) is 18.8 Å². The lowest BCUT2D eigenvalue weighted by molar-refractivity contribution is -0.136. The average Bonchev–Trinajstić information content (AvgIpc) is 3.26. The van der Waals surface area contributed by atoms with Crippen molar-refractivity contribution in [3.05, 3.63) is 33.4 Å². The van der Waals surface area contributed by atoms with E-state index in [-0.39, 0.29) is 40.8 Å². The maximum atomic E-state index is 13.6. The Morgan fingerprint density at radius 2 is 2.21 bits per heavy atom. The molecular weight excluding hydrogens is 405 g/mol. The summed E-state index contributed by atoms with van der Waals surface area (Å²) in [5.74, 6) is -0.542. The van der Waals surface area contributed by atoms with Gasteiger partial charge in [-0.3, -0.25) is 9.89 Å². The summed E-state index contributed by atoms with van der Waals surface area (Å²) in [4.78, 5) is 22.9. The van der Waals surface area contributed by atoms with Gasteiger partial charge in [-0.05, 0) is 25.8 Å². The number of thiazole rings is 1. The number of alkyl halides is 3. The van der Waals surface area contributed by atoms with Crippen LogP contribution >= 0.6 is 11.3 Å². The fourth-order valence-electron chi connectivity index (χ4n) is 3.70. The van der Waals surface area contributed by atoms with E-state index in [0.29, 0.717) is 31.6 Å². The van der Waals surface area contributed by atoms with Crippen LogP contribution in [0.25, 0.3) is 11.0 Å². The zero-order valence-electron chi connectivity index (χ0n) is 15.6. The molecule has 154 valence electrons. The van der Waals surface area contributed by atoms with E-state index in [1.807, 2.05) is 12.3 Å². The Labute approximate surface area is 168 Å². The van der Waals surface area contributed by atoms with Gasteiger partial charge in [0, 0.05) is 30.1 Å². The molecule has 1 amide bonds. The van der Waals surface area contributed by atoms with E-state index >= 15 is 0 Å². The van der Waals surface area contributed by atoms with Crippen LogP contribution in [0.2, 0.25) is 0 Å². The lowest BCUT2D eigenvalue weighted by Crippen LogP contribution is -2.40. The Hall–Kier alpha value is -2.69. The molecule has 4 rings (SSSR count). The second kappa shape index (κ2) is 7.29. The van der Waals surface area contributed by atoms with E-state index in [2.05, 4.69) is 20.2 Å². The number of hydrogen-bond acceptors (Lipinski definition) is 6. The van der Waals surface area contributed by atoms with Crippen molar-refractivity contribution in [2.45, 2.75) is 38.3 Å². The molecule has 1 aliphatic heterocycles. The van der Waals surface area contributed by atoms with Crippen LogP contribution in [0.1, 0.15) is 40.7 Å². The zero-order valence-corrected chi connectivity index (χ0v) is 16.4. The SMILES string of the molecule is Cc1nc(CC(=O)N2CCCC(c3cc(C(F)(F)F)c4c(N)[nH]nc4n3)C2)cs1. The largest absolute Gasteiger partial charge is 0.417 e. The molecule has 1 atom stereocenters. The molecular formula is C18H19F3N6OS. The molecule has 0 aromatic carbocycles. The third-order valence-corrected chi connectivity index (χ3v) is 5.89. The zero-order chi connectivity index (χ0) is 20.8. The van der Waals surface area contributed by atoms with Gasteiger partial charge in [0.2, 0.25) is 5.91 Å². The second-order valence-electron chi connectivity index (χ2n) is 7.14. The predicted octanol–water partition coefficient (Wildman–Crippen LogP) is 3.27. The van der Waals surface area contributed by atoms with Crippen molar-refractivity contribution < 1.29 is 18.0 Å². The molecule has 0 aliphatic carbocycles. The van der Waals surface area contributed by atoms with E-state index < -0.39 is 11.7 Å². The quantitative estimate of drug-likeness (QED) is 0.672. The van der Waals surface area contributed by atoms with Gasteiger partial charge in [-0.2, -0.15) is 18.3 Å². The molecule has 11 heteroatoms. The van der Waals surface area contributed by atoms with Gasteiger partial charge >= 0.3 is 6.18 Å². The number of piperidine rings is 1. The molecule has 0 radical (unpaired) electrons. The third-order valence-electron chi connectivity index (χ3n) is 5.07. The summed E-state index contributed by atoms with van der Waals surface area (Å²) in [6.07, 6.45) is -3.06. The molecule has 1 unspecified atom stereocenters. The lowest BCUT2D eigenvalue weighted by atomic mass is 9.92. The first kappa shape index (κ1) is 19.6. The number of H-pyrrole nitrogens is 1. The van der Waals surface area contributed by atoms with Crippen molar-refractivity contribution in [1.29, 1.82) is 0 Å². The van der Waals surface area contributed by atoms with E-state index in [1.54, 1.807) is 4.90 Å². The van der Waals surface area contributed by atoms with Crippen molar-refractivity contribution in [3.63, 3.8) is 0 Å². The van der Waals surface area contributed by atoms with E-state index in [9.17, 15) is 18.0 Å². The number of nitrogen functional groups attached to an aromatic ring is 1. The number of fused-ring (bicyclic) bond motifs is 1. The van der Waals surface area contributed by atoms with E-state index in [1.165, 1.54) is 11.3 Å². The number of carbonyl (C=O) groups excluding carboxylic acids is 1. The normalized spacial score (nSPS) is 17.8. The molecule has 0 spiro atoms. The highest BCUT2D eigenvalue weighted by atomic mass is 32.1. The summed E-state index contributed by atoms with van der Waals surface area (Å²) in [5.41, 5.74) is 5.69. The molecule has 3 aromatic heterocycles. The number of hydrogen-bond donors (Lipinski definition) is 2. The van der Waals surface area contributed by atoms with Crippen LogP contribution in [0.4, 0.5) is 19.0 Å². The number of halogens is 3. The highest BCUT2D eigenvalue weighted by Crippen LogP contribution is 2.38. The number of nitrogens with two attached hydrogens (primary N) is 1. The standard InChI is InChI=1S/C18H19F3N6OS/c1-9-23-11(8-29-9)5-14(28)27-4-2-3-10(7-27)13-6-12(18(19,20)21)15-16(22)25-26-17(15)24-13/h6,8,10H,2-5,7H2,1H3,(H3,22,24,25,26). The monoisotopic (exact) mass is 424 g/mol. The molecule has 4 heterocycles. The fourth-order valence-corrected chi connectivity index (χ4v) is 4.31. The smallest absolute Gasteiger partial charge is 0.383 e. The number of aromatic nitrogens is 4. The molecule has 3 N–H and O–H groups in total. The Balaban J connectivity index is 1.59. The minimum atomic E-state index is -4.58. The van der Waals surface area contributed by atoms with Gasteiger partial charge in [0.15, 0.2) is 5.65 Å². The van der Waals surface area contributed by atoms with Crippen LogP contribution < -0.4 is 5.73 Å². The minimum Gasteiger partial charge on any atom is -0.383 e. The van der Waals surface area contributed by atoms with Gasteiger partial charge in [0.1, 0.15) is 5.82 Å². The predicted molar refractivity (Wildman–Crippen MR) is 102 cm³/mol. The Kier molecular flexibility index (Phi) is 4.93. The first-order valence-electron chi connectivity index (χ1n) is 9.13. The Morgan fingerprint density at radius 3 is 2.90 bits per heavy atom. The average molecular weight is 424 g/mol. The Bertz CT molecular complexity index is 1060. The molecule has 7 nitrogen and oxygen atoms in total. The third kappa shape index (κ3) is 3.91. The van der Waals surface area contributed by atoms with Crippen LogP contribution in [0, 0.1) is 6.92 Å². The van der Waals surface area contributed by atoms with Gasteiger partial charge in [-0.1, -0.05) is 0 Å². The van der Waals surface area contributed by atoms with Crippen LogP contribution in [-0.4, -0.2) is 44.1 Å².